The zero-order valence-electron chi connectivity index (χ0n) is 15.0. The van der Waals surface area contributed by atoms with Crippen molar-refractivity contribution < 1.29 is 0 Å². The van der Waals surface area contributed by atoms with E-state index in [1.165, 1.54) is 12.8 Å². The highest BCUT2D eigenvalue weighted by Crippen LogP contribution is 2.38. The molecule has 4 heterocycles. The second kappa shape index (κ2) is 6.23. The molecule has 0 radical (unpaired) electrons. The maximum Gasteiger partial charge on any atom is 0.157 e. The molecule has 26 heavy (non-hydrogen) atoms. The minimum atomic E-state index is 0.506. The van der Waals surface area contributed by atoms with Gasteiger partial charge in [-0.2, -0.15) is 5.10 Å². The first-order valence-corrected chi connectivity index (χ1v) is 9.39. The van der Waals surface area contributed by atoms with E-state index in [-0.39, 0.29) is 0 Å². The number of rotatable bonds is 4. The van der Waals surface area contributed by atoms with Crippen molar-refractivity contribution in [3.63, 3.8) is 0 Å². The van der Waals surface area contributed by atoms with Crippen LogP contribution in [0.2, 0.25) is 0 Å². The second-order valence-corrected chi connectivity index (χ2v) is 7.30. The van der Waals surface area contributed by atoms with Crippen LogP contribution >= 0.6 is 0 Å². The molecule has 1 saturated carbocycles. The van der Waals surface area contributed by atoms with Crippen molar-refractivity contribution in [2.45, 2.75) is 37.6 Å². The molecule has 7 nitrogen and oxygen atoms in total. The van der Waals surface area contributed by atoms with Gasteiger partial charge < -0.3 is 9.80 Å². The number of hydrogen-bond donors (Lipinski definition) is 0. The SMILES string of the molecule is CN(c1ccnc(C2CC2)n1)C1CCN(c2ccn3nccc3n2)CC1. The van der Waals surface area contributed by atoms with Gasteiger partial charge in [0.1, 0.15) is 17.5 Å². The van der Waals surface area contributed by atoms with E-state index in [4.69, 9.17) is 9.97 Å². The lowest BCUT2D eigenvalue weighted by Crippen LogP contribution is -2.44. The van der Waals surface area contributed by atoms with E-state index in [0.29, 0.717) is 12.0 Å². The third-order valence-electron chi connectivity index (χ3n) is 5.54. The molecule has 0 unspecified atom stereocenters. The zero-order valence-corrected chi connectivity index (χ0v) is 15.0. The average molecular weight is 349 g/mol. The summed E-state index contributed by atoms with van der Waals surface area (Å²) >= 11 is 0. The lowest BCUT2D eigenvalue weighted by atomic mass is 10.0. The molecule has 0 bridgehead atoms. The van der Waals surface area contributed by atoms with Crippen LogP contribution in [0.25, 0.3) is 5.65 Å². The Kier molecular flexibility index (Phi) is 3.72. The van der Waals surface area contributed by atoms with Gasteiger partial charge in [-0.3, -0.25) is 0 Å². The monoisotopic (exact) mass is 349 g/mol. The molecular weight excluding hydrogens is 326 g/mol. The van der Waals surface area contributed by atoms with E-state index in [1.807, 2.05) is 24.5 Å². The molecule has 1 aliphatic heterocycles. The van der Waals surface area contributed by atoms with E-state index in [0.717, 1.165) is 49.0 Å². The van der Waals surface area contributed by atoms with Crippen molar-refractivity contribution in [3.8, 4) is 0 Å². The van der Waals surface area contributed by atoms with E-state index >= 15 is 0 Å². The predicted molar refractivity (Wildman–Crippen MR) is 101 cm³/mol. The first kappa shape index (κ1) is 15.5. The van der Waals surface area contributed by atoms with Gasteiger partial charge in [0.15, 0.2) is 5.65 Å². The van der Waals surface area contributed by atoms with Crippen molar-refractivity contribution in [2.75, 3.05) is 29.9 Å². The molecule has 134 valence electrons. The lowest BCUT2D eigenvalue weighted by molar-refractivity contribution is 0.477. The van der Waals surface area contributed by atoms with Gasteiger partial charge in [-0.05, 0) is 37.8 Å². The largest absolute Gasteiger partial charge is 0.356 e. The topological polar surface area (TPSA) is 62.5 Å². The molecule has 5 rings (SSSR count). The third kappa shape index (κ3) is 2.87. The van der Waals surface area contributed by atoms with Crippen LogP contribution in [0.3, 0.4) is 0 Å². The molecule has 3 aromatic heterocycles. The van der Waals surface area contributed by atoms with Gasteiger partial charge in [0.25, 0.3) is 0 Å². The average Bonchev–Trinajstić information content (AvgIpc) is 3.45. The van der Waals surface area contributed by atoms with Crippen LogP contribution in [0.1, 0.15) is 37.4 Å². The van der Waals surface area contributed by atoms with E-state index in [2.05, 4.69) is 33.0 Å². The molecule has 0 spiro atoms. The molecule has 2 aliphatic rings. The minimum Gasteiger partial charge on any atom is -0.356 e. The van der Waals surface area contributed by atoms with E-state index in [1.54, 1.807) is 10.7 Å². The highest BCUT2D eigenvalue weighted by molar-refractivity contribution is 5.48. The Labute approximate surface area is 152 Å². The third-order valence-corrected chi connectivity index (χ3v) is 5.54. The first-order chi connectivity index (χ1) is 12.8. The standard InChI is InChI=1S/C19H23N7/c1-24(16-4-9-20-19(23-16)14-2-3-14)15-6-11-25(12-7-15)17-8-13-26-18(22-17)5-10-21-26/h4-5,8-10,13-15H,2-3,6-7,11-12H2,1H3. The maximum absolute atomic E-state index is 4.79. The van der Waals surface area contributed by atoms with Gasteiger partial charge in [0, 0.05) is 50.6 Å². The van der Waals surface area contributed by atoms with Gasteiger partial charge in [0.05, 0.1) is 6.20 Å². The zero-order chi connectivity index (χ0) is 17.5. The quantitative estimate of drug-likeness (QED) is 0.721. The van der Waals surface area contributed by atoms with Gasteiger partial charge >= 0.3 is 0 Å². The van der Waals surface area contributed by atoms with Crippen molar-refractivity contribution >= 4 is 17.3 Å². The van der Waals surface area contributed by atoms with Gasteiger partial charge in [-0.1, -0.05) is 0 Å². The number of anilines is 2. The van der Waals surface area contributed by atoms with Crippen LogP contribution in [0.15, 0.2) is 36.8 Å². The maximum atomic E-state index is 4.79. The van der Waals surface area contributed by atoms with Crippen LogP contribution in [0.4, 0.5) is 11.6 Å². The van der Waals surface area contributed by atoms with Crippen molar-refractivity contribution in [1.82, 2.24) is 24.6 Å². The van der Waals surface area contributed by atoms with Crippen molar-refractivity contribution in [1.29, 1.82) is 0 Å². The summed E-state index contributed by atoms with van der Waals surface area (Å²) in [5, 5.41) is 4.21. The normalized spacial score (nSPS) is 18.4. The summed E-state index contributed by atoms with van der Waals surface area (Å²) in [7, 11) is 2.16. The second-order valence-electron chi connectivity index (χ2n) is 7.30. The van der Waals surface area contributed by atoms with Crippen molar-refractivity contribution in [3.05, 3.63) is 42.6 Å². The molecule has 0 amide bonds. The first-order valence-electron chi connectivity index (χ1n) is 9.39. The number of nitrogens with zero attached hydrogens (tertiary/aromatic N) is 7. The smallest absolute Gasteiger partial charge is 0.157 e. The van der Waals surface area contributed by atoms with Gasteiger partial charge in [0.2, 0.25) is 0 Å². The van der Waals surface area contributed by atoms with Crippen LogP contribution in [0.5, 0.6) is 0 Å². The summed E-state index contributed by atoms with van der Waals surface area (Å²) in [5.74, 6) is 3.70. The highest BCUT2D eigenvalue weighted by Gasteiger charge is 2.28. The van der Waals surface area contributed by atoms with E-state index in [9.17, 15) is 0 Å². The molecule has 0 atom stereocenters. The summed E-state index contributed by atoms with van der Waals surface area (Å²) < 4.78 is 1.80. The fourth-order valence-corrected chi connectivity index (χ4v) is 3.75. The minimum absolute atomic E-state index is 0.506. The molecule has 0 N–H and O–H groups in total. The van der Waals surface area contributed by atoms with Crippen LogP contribution in [0, 0.1) is 0 Å². The molecule has 7 heteroatoms. The fourth-order valence-electron chi connectivity index (χ4n) is 3.75. The predicted octanol–water partition coefficient (Wildman–Crippen LogP) is 2.50. The lowest BCUT2D eigenvalue weighted by Gasteiger charge is -2.37. The Hall–Kier alpha value is -2.70. The Morgan fingerprint density at radius 2 is 1.85 bits per heavy atom. The molecule has 1 saturated heterocycles. The Morgan fingerprint density at radius 3 is 2.65 bits per heavy atom. The molecule has 2 fully saturated rings. The van der Waals surface area contributed by atoms with Crippen LogP contribution in [-0.2, 0) is 0 Å². The fraction of sp³-hybridized carbons (Fsp3) is 0.474. The molecular formula is C19H23N7. The molecule has 1 aliphatic carbocycles. The number of aromatic nitrogens is 5. The van der Waals surface area contributed by atoms with Gasteiger partial charge in [-0.15, -0.1) is 0 Å². The number of hydrogen-bond acceptors (Lipinski definition) is 6. The summed E-state index contributed by atoms with van der Waals surface area (Å²) in [5.41, 5.74) is 0.898. The number of piperidine rings is 1. The van der Waals surface area contributed by atoms with Crippen molar-refractivity contribution in [2.24, 2.45) is 0 Å². The summed E-state index contributed by atoms with van der Waals surface area (Å²) in [6, 6.07) is 6.53. The molecule has 0 aromatic carbocycles. The highest BCUT2D eigenvalue weighted by atomic mass is 15.3. The molecule has 3 aromatic rings. The van der Waals surface area contributed by atoms with Crippen LogP contribution < -0.4 is 9.80 Å². The summed E-state index contributed by atoms with van der Waals surface area (Å²) in [6.07, 6.45) is 10.4. The summed E-state index contributed by atoms with van der Waals surface area (Å²) in [4.78, 5) is 18.7. The van der Waals surface area contributed by atoms with Crippen LogP contribution in [-0.4, -0.2) is 50.7 Å². The Bertz CT molecular complexity index is 909. The number of fused-ring (bicyclic) bond motifs is 1. The van der Waals surface area contributed by atoms with Gasteiger partial charge in [-0.25, -0.2) is 19.5 Å². The Morgan fingerprint density at radius 1 is 1.00 bits per heavy atom. The van der Waals surface area contributed by atoms with E-state index < -0.39 is 0 Å². The summed E-state index contributed by atoms with van der Waals surface area (Å²) in [6.45, 7) is 2.01. The Balaban J connectivity index is 1.26.